The van der Waals surface area contributed by atoms with Gasteiger partial charge in [0, 0.05) is 22.9 Å². The second-order valence-electron chi connectivity index (χ2n) is 7.90. The number of rotatable bonds is 7. The van der Waals surface area contributed by atoms with E-state index in [1.807, 2.05) is 44.2 Å². The van der Waals surface area contributed by atoms with Crippen LogP contribution in [0.2, 0.25) is 5.02 Å². The number of hydrogen-bond donors (Lipinski definition) is 0. The number of para-hydroxylation sites is 1. The van der Waals surface area contributed by atoms with Gasteiger partial charge in [-0.25, -0.2) is 4.79 Å². The number of carbonyl (C=O) groups excluding carboxylic acids is 1. The fourth-order valence-corrected chi connectivity index (χ4v) is 3.80. The number of carbonyl (C=O) groups is 1. The Morgan fingerprint density at radius 1 is 1.12 bits per heavy atom. The number of ether oxygens (including phenoxy) is 3. The van der Waals surface area contributed by atoms with Crippen LogP contribution in [0.1, 0.15) is 30.0 Å². The van der Waals surface area contributed by atoms with Crippen LogP contribution in [0.5, 0.6) is 17.2 Å². The molecular formula is C26H22ClNO4. The van der Waals surface area contributed by atoms with Crippen molar-refractivity contribution in [1.82, 2.24) is 0 Å². The van der Waals surface area contributed by atoms with Gasteiger partial charge in [0.2, 0.25) is 5.60 Å². The third-order valence-electron chi connectivity index (χ3n) is 5.57. The maximum Gasteiger partial charge on any atom is 0.351 e. The Bertz CT molecular complexity index is 1190. The van der Waals surface area contributed by atoms with Crippen LogP contribution in [-0.2, 0) is 16.1 Å². The van der Waals surface area contributed by atoms with Gasteiger partial charge in [-0.05, 0) is 48.9 Å². The molecule has 32 heavy (non-hydrogen) atoms. The highest BCUT2D eigenvalue weighted by Gasteiger charge is 2.62. The van der Waals surface area contributed by atoms with Crippen molar-refractivity contribution in [3.63, 3.8) is 0 Å². The van der Waals surface area contributed by atoms with E-state index in [9.17, 15) is 10.1 Å². The summed E-state index contributed by atoms with van der Waals surface area (Å²) < 4.78 is 17.6. The molecule has 0 radical (unpaired) electrons. The molecule has 4 rings (SSSR count). The average molecular weight is 448 g/mol. The van der Waals surface area contributed by atoms with Gasteiger partial charge in [0.05, 0.1) is 0 Å². The minimum Gasteiger partial charge on any atom is -0.475 e. The number of aryl methyl sites for hydroxylation is 1. The monoisotopic (exact) mass is 447 g/mol. The summed E-state index contributed by atoms with van der Waals surface area (Å²) in [6.45, 7) is 3.78. The van der Waals surface area contributed by atoms with Crippen LogP contribution >= 0.6 is 11.6 Å². The second kappa shape index (κ2) is 8.94. The summed E-state index contributed by atoms with van der Waals surface area (Å²) >= 11 is 6.02. The van der Waals surface area contributed by atoms with Crippen LogP contribution in [0, 0.1) is 24.2 Å². The molecular weight excluding hydrogens is 426 g/mol. The number of benzene rings is 3. The molecule has 0 N–H and O–H groups in total. The Labute approximate surface area is 192 Å². The first kappa shape index (κ1) is 21.7. The summed E-state index contributed by atoms with van der Waals surface area (Å²) in [5.41, 5.74) is 0.724. The second-order valence-corrected chi connectivity index (χ2v) is 8.34. The van der Waals surface area contributed by atoms with Crippen molar-refractivity contribution in [1.29, 1.82) is 5.26 Å². The quantitative estimate of drug-likeness (QED) is 0.402. The van der Waals surface area contributed by atoms with E-state index in [1.165, 1.54) is 0 Å². The maximum absolute atomic E-state index is 13.0. The highest BCUT2D eigenvalue weighted by atomic mass is 35.5. The smallest absolute Gasteiger partial charge is 0.351 e. The lowest BCUT2D eigenvalue weighted by Gasteiger charge is -2.20. The highest BCUT2D eigenvalue weighted by Crippen LogP contribution is 2.48. The largest absolute Gasteiger partial charge is 0.475 e. The van der Waals surface area contributed by atoms with Crippen LogP contribution in [0.4, 0.5) is 0 Å². The molecule has 162 valence electrons. The molecule has 1 saturated carbocycles. The van der Waals surface area contributed by atoms with Crippen molar-refractivity contribution in [2.24, 2.45) is 5.92 Å². The van der Waals surface area contributed by atoms with Crippen LogP contribution in [-0.4, -0.2) is 11.6 Å². The molecule has 2 atom stereocenters. The zero-order chi connectivity index (χ0) is 22.7. The average Bonchev–Trinajstić information content (AvgIpc) is 3.45. The van der Waals surface area contributed by atoms with E-state index < -0.39 is 11.6 Å². The third-order valence-corrected chi connectivity index (χ3v) is 5.81. The molecule has 6 heteroatoms. The van der Waals surface area contributed by atoms with E-state index >= 15 is 0 Å². The fraction of sp³-hybridized carbons (Fsp3) is 0.231. The summed E-state index contributed by atoms with van der Waals surface area (Å²) in [5.74, 6) is 1.21. The van der Waals surface area contributed by atoms with Crippen molar-refractivity contribution in [3.05, 3.63) is 88.4 Å². The first-order valence-electron chi connectivity index (χ1n) is 10.3. The fourth-order valence-electron chi connectivity index (χ4n) is 3.58. The van der Waals surface area contributed by atoms with E-state index in [1.54, 1.807) is 36.4 Å². The highest BCUT2D eigenvalue weighted by molar-refractivity contribution is 6.30. The van der Waals surface area contributed by atoms with Gasteiger partial charge in [-0.15, -0.1) is 0 Å². The Balaban J connectivity index is 1.48. The van der Waals surface area contributed by atoms with Crippen LogP contribution in [0.15, 0.2) is 66.7 Å². The van der Waals surface area contributed by atoms with Gasteiger partial charge in [0.1, 0.15) is 35.5 Å². The summed E-state index contributed by atoms with van der Waals surface area (Å²) in [6, 6.07) is 21.9. The first-order chi connectivity index (χ1) is 15.4. The molecule has 1 fully saturated rings. The predicted octanol–water partition coefficient (Wildman–Crippen LogP) is 6.21. The van der Waals surface area contributed by atoms with Crippen LogP contribution < -0.4 is 9.47 Å². The van der Waals surface area contributed by atoms with Gasteiger partial charge < -0.3 is 14.2 Å². The first-order valence-corrected chi connectivity index (χ1v) is 10.7. The SMILES string of the molecule is Cc1cc(Cl)ccc1OC1(C(=O)OCc2cccc(Oc3ccccc3)c2C#N)CC1C. The van der Waals surface area contributed by atoms with Crippen molar-refractivity contribution >= 4 is 17.6 Å². The molecule has 1 aliphatic carbocycles. The van der Waals surface area contributed by atoms with Crippen molar-refractivity contribution in [2.75, 3.05) is 0 Å². The van der Waals surface area contributed by atoms with Gasteiger partial charge in [-0.3, -0.25) is 0 Å². The molecule has 0 heterocycles. The number of halogens is 1. The van der Waals surface area contributed by atoms with E-state index in [-0.39, 0.29) is 12.5 Å². The van der Waals surface area contributed by atoms with Gasteiger partial charge in [0.25, 0.3) is 0 Å². The maximum atomic E-state index is 13.0. The zero-order valence-corrected chi connectivity index (χ0v) is 18.6. The number of nitrogens with zero attached hydrogens (tertiary/aromatic N) is 1. The summed E-state index contributed by atoms with van der Waals surface area (Å²) in [7, 11) is 0. The Morgan fingerprint density at radius 2 is 1.88 bits per heavy atom. The Morgan fingerprint density at radius 3 is 2.53 bits per heavy atom. The molecule has 2 unspecified atom stereocenters. The Kier molecular flexibility index (Phi) is 6.07. The standard InChI is InChI=1S/C26H22ClNO4/c1-17-13-20(27)11-12-23(17)32-26(14-18(26)2)25(29)30-16-19-7-6-10-24(22(19)15-28)31-21-8-4-3-5-9-21/h3-13,18H,14,16H2,1-2H3. The predicted molar refractivity (Wildman–Crippen MR) is 121 cm³/mol. The molecule has 0 aliphatic heterocycles. The van der Waals surface area contributed by atoms with Crippen molar-refractivity contribution in [2.45, 2.75) is 32.5 Å². The van der Waals surface area contributed by atoms with Gasteiger partial charge >= 0.3 is 5.97 Å². The normalized spacial score (nSPS) is 19.0. The van der Waals surface area contributed by atoms with Crippen molar-refractivity contribution in [3.8, 4) is 23.3 Å². The van der Waals surface area contributed by atoms with E-state index in [0.717, 1.165) is 5.56 Å². The van der Waals surface area contributed by atoms with Crippen LogP contribution in [0.25, 0.3) is 0 Å². The van der Waals surface area contributed by atoms with Gasteiger partial charge in [-0.1, -0.05) is 48.9 Å². The summed E-state index contributed by atoms with van der Waals surface area (Å²) in [6.07, 6.45) is 0.566. The molecule has 5 nitrogen and oxygen atoms in total. The molecule has 0 aromatic heterocycles. The van der Waals surface area contributed by atoms with E-state index in [2.05, 4.69) is 6.07 Å². The Hall–Kier alpha value is -3.49. The number of esters is 1. The lowest BCUT2D eigenvalue weighted by atomic mass is 10.1. The molecule has 1 aliphatic rings. The molecule has 0 bridgehead atoms. The number of nitriles is 1. The zero-order valence-electron chi connectivity index (χ0n) is 17.8. The number of hydrogen-bond acceptors (Lipinski definition) is 5. The third kappa shape index (κ3) is 4.42. The lowest BCUT2D eigenvalue weighted by Crippen LogP contribution is -2.34. The topological polar surface area (TPSA) is 68.6 Å². The molecule has 3 aromatic rings. The summed E-state index contributed by atoms with van der Waals surface area (Å²) in [4.78, 5) is 13.0. The van der Waals surface area contributed by atoms with Gasteiger partial charge in [-0.2, -0.15) is 5.26 Å². The molecule has 0 amide bonds. The summed E-state index contributed by atoms with van der Waals surface area (Å²) in [5, 5.41) is 10.3. The molecule has 0 spiro atoms. The molecule has 0 saturated heterocycles. The minimum absolute atomic E-state index is 0.0215. The van der Waals surface area contributed by atoms with E-state index in [4.69, 9.17) is 25.8 Å². The molecule has 3 aromatic carbocycles. The minimum atomic E-state index is -1.02. The lowest BCUT2D eigenvalue weighted by molar-refractivity contribution is -0.156. The van der Waals surface area contributed by atoms with Crippen LogP contribution in [0.3, 0.4) is 0 Å². The van der Waals surface area contributed by atoms with Gasteiger partial charge in [0.15, 0.2) is 0 Å². The van der Waals surface area contributed by atoms with E-state index in [0.29, 0.717) is 39.8 Å². The van der Waals surface area contributed by atoms with Crippen molar-refractivity contribution < 1.29 is 19.0 Å².